The number of benzene rings is 2. The smallest absolute Gasteiger partial charge is 0.397 e. The van der Waals surface area contributed by atoms with E-state index in [1.807, 2.05) is 0 Å². The van der Waals surface area contributed by atoms with Crippen molar-refractivity contribution in [3.8, 4) is 11.1 Å². The summed E-state index contributed by atoms with van der Waals surface area (Å²) >= 11 is 0. The molecule has 52 heavy (non-hydrogen) atoms. The van der Waals surface area contributed by atoms with Gasteiger partial charge in [-0.25, -0.2) is 17.2 Å². The van der Waals surface area contributed by atoms with Gasteiger partial charge in [0, 0.05) is 41.1 Å². The minimum atomic E-state index is -5.10. The molecule has 19 heteroatoms. The van der Waals surface area contributed by atoms with Crippen molar-refractivity contribution in [3.63, 3.8) is 0 Å². The Kier molecular flexibility index (Phi) is 7.93. The van der Waals surface area contributed by atoms with Crippen LogP contribution in [-0.2, 0) is 46.9 Å². The minimum absolute atomic E-state index is 0.00310. The second-order valence-electron chi connectivity index (χ2n) is 12.8. The van der Waals surface area contributed by atoms with E-state index in [0.717, 1.165) is 18.4 Å². The number of carbonyl (C=O) groups is 1. The molecule has 1 saturated carbocycles. The number of nitrogen functional groups attached to an aromatic ring is 1. The summed E-state index contributed by atoms with van der Waals surface area (Å²) in [4.78, 5) is 18.1. The minimum Gasteiger partial charge on any atom is -0.397 e. The molecule has 2 aliphatic carbocycles. The lowest BCUT2D eigenvalue weighted by Crippen LogP contribution is -2.35. The number of hydrogen-bond acceptors (Lipinski definition) is 7. The van der Waals surface area contributed by atoms with E-state index in [1.165, 1.54) is 16.9 Å². The Hall–Kier alpha value is -5.46. The van der Waals surface area contributed by atoms with Crippen LogP contribution in [0.15, 0.2) is 60.8 Å². The molecule has 11 nitrogen and oxygen atoms in total. The maximum absolute atomic E-state index is 15.4. The fraction of sp³-hybridized carbons (Fsp3) is 0.273. The monoisotopic (exact) mass is 748 g/mol. The zero-order valence-corrected chi connectivity index (χ0v) is 27.9. The summed E-state index contributed by atoms with van der Waals surface area (Å²) in [6, 6.07) is 7.63. The number of amides is 1. The van der Waals surface area contributed by atoms with Gasteiger partial charge in [0.25, 0.3) is 5.92 Å². The molecule has 0 radical (unpaired) electrons. The van der Waals surface area contributed by atoms with Crippen LogP contribution in [0.5, 0.6) is 0 Å². The number of allylic oxidation sites excluding steroid dienone is 1. The zero-order chi connectivity index (χ0) is 37.7. The van der Waals surface area contributed by atoms with Crippen LogP contribution >= 0.6 is 0 Å². The normalized spacial score (nSPS) is 18.3. The SMILES string of the molecule is C=C1[C@@H]2c3c(C(F)(F)F)nn(CC(=O)N[C@@H](Cc4cc(F)cc(F)c4)c4ncc(N)cc4-c4cccc5c(NS(C)(=O)=O)nn(C)c45)c3C(F)(F)[C@H]12. The number of nitrogens with two attached hydrogens (primary N) is 1. The third-order valence-corrected chi connectivity index (χ3v) is 9.56. The van der Waals surface area contributed by atoms with Crippen molar-refractivity contribution in [2.24, 2.45) is 13.0 Å². The second kappa shape index (κ2) is 11.8. The molecule has 2 aliphatic rings. The third kappa shape index (κ3) is 6.01. The average molecular weight is 749 g/mol. The molecule has 4 N–H and O–H groups in total. The number of sulfonamides is 1. The molecule has 5 aromatic rings. The first kappa shape index (κ1) is 35.0. The summed E-state index contributed by atoms with van der Waals surface area (Å²) in [7, 11) is -2.21. The van der Waals surface area contributed by atoms with Gasteiger partial charge in [-0.3, -0.25) is 23.9 Å². The van der Waals surface area contributed by atoms with E-state index in [1.54, 1.807) is 25.2 Å². The third-order valence-electron chi connectivity index (χ3n) is 9.00. The van der Waals surface area contributed by atoms with Crippen LogP contribution in [0.3, 0.4) is 0 Å². The van der Waals surface area contributed by atoms with E-state index in [9.17, 15) is 35.2 Å². The van der Waals surface area contributed by atoms with Crippen LogP contribution in [0.25, 0.3) is 22.0 Å². The summed E-state index contributed by atoms with van der Waals surface area (Å²) in [5.74, 6) is -9.52. The Morgan fingerprint density at radius 1 is 1.10 bits per heavy atom. The lowest BCUT2D eigenvalue weighted by atomic mass is 9.94. The first-order valence-corrected chi connectivity index (χ1v) is 17.3. The van der Waals surface area contributed by atoms with Crippen molar-refractivity contribution < 1.29 is 43.9 Å². The molecular formula is C33H27F7N8O3S. The van der Waals surface area contributed by atoms with Crippen molar-refractivity contribution in [1.82, 2.24) is 29.9 Å². The number of aromatic nitrogens is 5. The number of hydrogen-bond donors (Lipinski definition) is 3. The number of pyridine rings is 1. The van der Waals surface area contributed by atoms with Crippen LogP contribution in [0.4, 0.5) is 42.2 Å². The van der Waals surface area contributed by atoms with Crippen LogP contribution in [0, 0.1) is 17.6 Å². The molecule has 272 valence electrons. The molecule has 3 aromatic heterocycles. The number of nitrogens with zero attached hydrogens (tertiary/aromatic N) is 5. The molecular weight excluding hydrogens is 721 g/mol. The lowest BCUT2D eigenvalue weighted by molar-refractivity contribution is -0.142. The molecule has 1 fully saturated rings. The highest BCUT2D eigenvalue weighted by molar-refractivity contribution is 7.92. The summed E-state index contributed by atoms with van der Waals surface area (Å²) in [6.07, 6.45) is -3.25. The van der Waals surface area contributed by atoms with Crippen LogP contribution in [0.1, 0.15) is 40.2 Å². The molecule has 0 bridgehead atoms. The number of anilines is 2. The van der Waals surface area contributed by atoms with E-state index < -0.39 is 81.0 Å². The van der Waals surface area contributed by atoms with Gasteiger partial charge < -0.3 is 11.1 Å². The molecule has 7 rings (SSSR count). The predicted octanol–water partition coefficient (Wildman–Crippen LogP) is 5.56. The molecule has 0 unspecified atom stereocenters. The summed E-state index contributed by atoms with van der Waals surface area (Å²) in [5, 5.41) is 10.6. The number of rotatable bonds is 9. The van der Waals surface area contributed by atoms with E-state index >= 15 is 8.78 Å². The molecule has 3 atom stereocenters. The van der Waals surface area contributed by atoms with Gasteiger partial charge in [-0.15, -0.1) is 0 Å². The number of halogens is 7. The molecule has 1 amide bonds. The first-order chi connectivity index (χ1) is 24.2. The van der Waals surface area contributed by atoms with Gasteiger partial charge >= 0.3 is 6.18 Å². The second-order valence-corrected chi connectivity index (χ2v) is 14.5. The molecule has 2 aromatic carbocycles. The van der Waals surface area contributed by atoms with Gasteiger partial charge in [-0.2, -0.15) is 32.1 Å². The Labute approximate surface area is 290 Å². The largest absolute Gasteiger partial charge is 0.435 e. The van der Waals surface area contributed by atoms with Crippen LogP contribution in [-0.4, -0.2) is 45.1 Å². The Balaban J connectivity index is 1.32. The van der Waals surface area contributed by atoms with Crippen molar-refractivity contribution in [2.45, 2.75) is 37.0 Å². The highest BCUT2D eigenvalue weighted by atomic mass is 32.2. The van der Waals surface area contributed by atoms with Crippen LogP contribution in [0.2, 0.25) is 0 Å². The Morgan fingerprint density at radius 2 is 1.79 bits per heavy atom. The van der Waals surface area contributed by atoms with Gasteiger partial charge in [-0.05, 0) is 36.2 Å². The first-order valence-electron chi connectivity index (χ1n) is 15.4. The number of fused-ring (bicyclic) bond motifs is 4. The number of alkyl halides is 5. The van der Waals surface area contributed by atoms with E-state index in [4.69, 9.17) is 5.73 Å². The van der Waals surface area contributed by atoms with E-state index in [2.05, 4.69) is 31.8 Å². The van der Waals surface area contributed by atoms with E-state index in [0.29, 0.717) is 27.2 Å². The molecule has 0 spiro atoms. The molecule has 0 aliphatic heterocycles. The Morgan fingerprint density at radius 3 is 2.44 bits per heavy atom. The van der Waals surface area contributed by atoms with Crippen molar-refractivity contribution >= 4 is 38.3 Å². The van der Waals surface area contributed by atoms with Gasteiger partial charge in [0.2, 0.25) is 15.9 Å². The highest BCUT2D eigenvalue weighted by Gasteiger charge is 2.71. The number of aryl methyl sites for hydroxylation is 1. The molecule has 0 saturated heterocycles. The van der Waals surface area contributed by atoms with Gasteiger partial charge in [0.1, 0.15) is 23.9 Å². The standard InChI is InChI=1S/C33H27F7N8O3S/c1-14-24-25-29(33(38,39)40)44-48(30(25)32(36,37)26(14)24)13-23(49)43-22(9-15-7-16(34)10-17(35)8-15)27-21(11-18(41)12-42-27)19-5-4-6-20-28(19)47(2)45-31(20)46-52(3,50)51/h4-8,10-12,22,24,26H,1,9,13,41H2,2-3H3,(H,43,49)(H,45,46)/t22-,24+,26+/m0/s1. The van der Waals surface area contributed by atoms with Crippen molar-refractivity contribution in [2.75, 3.05) is 16.7 Å². The highest BCUT2D eigenvalue weighted by Crippen LogP contribution is 2.71. The van der Waals surface area contributed by atoms with E-state index in [-0.39, 0.29) is 40.3 Å². The van der Waals surface area contributed by atoms with Gasteiger partial charge in [0.05, 0.1) is 41.3 Å². The average Bonchev–Trinajstić information content (AvgIpc) is 3.26. The quantitative estimate of drug-likeness (QED) is 0.132. The number of nitrogens with one attached hydrogen (secondary N) is 2. The number of carbonyl (C=O) groups excluding carboxylic acids is 1. The fourth-order valence-corrected chi connectivity index (χ4v) is 7.55. The summed E-state index contributed by atoms with van der Waals surface area (Å²) < 4.78 is 130. The fourth-order valence-electron chi connectivity index (χ4n) is 7.05. The van der Waals surface area contributed by atoms with Gasteiger partial charge in [0.15, 0.2) is 11.5 Å². The maximum atomic E-state index is 15.4. The number of para-hydroxylation sites is 1. The Bertz CT molecular complexity index is 2420. The molecule has 3 heterocycles. The topological polar surface area (TPSA) is 150 Å². The predicted molar refractivity (Wildman–Crippen MR) is 174 cm³/mol. The van der Waals surface area contributed by atoms with Crippen LogP contribution < -0.4 is 15.8 Å². The van der Waals surface area contributed by atoms with Crippen molar-refractivity contribution in [1.29, 1.82) is 0 Å². The lowest BCUT2D eigenvalue weighted by Gasteiger charge is -2.23. The van der Waals surface area contributed by atoms with Gasteiger partial charge in [-0.1, -0.05) is 24.3 Å². The van der Waals surface area contributed by atoms with Crippen molar-refractivity contribution in [3.05, 3.63) is 101 Å². The maximum Gasteiger partial charge on any atom is 0.435 e. The summed E-state index contributed by atoms with van der Waals surface area (Å²) in [5.41, 5.74) is 4.04. The zero-order valence-electron chi connectivity index (χ0n) is 27.1. The summed E-state index contributed by atoms with van der Waals surface area (Å²) in [6.45, 7) is 2.40.